The number of ether oxygens (including phenoxy) is 1. The monoisotopic (exact) mass is 194 g/mol. The van der Waals surface area contributed by atoms with E-state index in [1.54, 1.807) is 19.9 Å². The Bertz CT molecular complexity index is 341. The summed E-state index contributed by atoms with van der Waals surface area (Å²) in [7, 11) is 0. The van der Waals surface area contributed by atoms with Crippen LogP contribution in [0.2, 0.25) is 0 Å². The Morgan fingerprint density at radius 3 is 2.50 bits per heavy atom. The second-order valence-electron chi connectivity index (χ2n) is 4.17. The molecule has 3 heteroatoms. The van der Waals surface area contributed by atoms with Crippen LogP contribution in [0.1, 0.15) is 25.5 Å². The molecule has 2 rings (SSSR count). The van der Waals surface area contributed by atoms with E-state index in [1.807, 2.05) is 18.2 Å². The van der Waals surface area contributed by atoms with Gasteiger partial charge in [-0.05, 0) is 19.9 Å². The fraction of sp³-hybridized carbons (Fsp3) is 0.455. The maximum absolute atomic E-state index is 9.89. The van der Waals surface area contributed by atoms with E-state index in [0.29, 0.717) is 5.75 Å². The number of aliphatic hydroxyl groups excluding tert-OH is 1. The van der Waals surface area contributed by atoms with Gasteiger partial charge in [0.1, 0.15) is 11.9 Å². The average Bonchev–Trinajstić information content (AvgIpc) is 2.44. The van der Waals surface area contributed by atoms with Crippen LogP contribution in [0.3, 0.4) is 0 Å². The highest BCUT2D eigenvalue weighted by Gasteiger charge is 2.41. The van der Waals surface area contributed by atoms with Crippen molar-refractivity contribution in [2.45, 2.75) is 31.7 Å². The van der Waals surface area contributed by atoms with Crippen LogP contribution in [0.4, 0.5) is 0 Å². The molecule has 0 saturated heterocycles. The van der Waals surface area contributed by atoms with Crippen molar-refractivity contribution in [3.8, 4) is 5.75 Å². The largest absolute Gasteiger partial charge is 0.484 e. The van der Waals surface area contributed by atoms with Gasteiger partial charge in [-0.3, -0.25) is 0 Å². The first kappa shape index (κ1) is 9.49. The lowest BCUT2D eigenvalue weighted by atomic mass is 9.95. The summed E-state index contributed by atoms with van der Waals surface area (Å²) in [6.07, 6.45) is -1.33. The number of para-hydroxylation sites is 1. The molecule has 0 unspecified atom stereocenters. The van der Waals surface area contributed by atoms with E-state index < -0.39 is 17.8 Å². The van der Waals surface area contributed by atoms with Gasteiger partial charge >= 0.3 is 0 Å². The Hall–Kier alpha value is -1.06. The number of hydrogen-bond donors (Lipinski definition) is 2. The molecule has 2 N–H and O–H groups in total. The molecule has 0 spiro atoms. The average molecular weight is 194 g/mol. The van der Waals surface area contributed by atoms with E-state index >= 15 is 0 Å². The van der Waals surface area contributed by atoms with Crippen molar-refractivity contribution >= 4 is 0 Å². The third kappa shape index (κ3) is 1.38. The molecule has 0 bridgehead atoms. The molecular weight excluding hydrogens is 180 g/mol. The summed E-state index contributed by atoms with van der Waals surface area (Å²) < 4.78 is 5.48. The Morgan fingerprint density at radius 2 is 1.93 bits per heavy atom. The van der Waals surface area contributed by atoms with Gasteiger partial charge < -0.3 is 14.9 Å². The van der Waals surface area contributed by atoms with Crippen molar-refractivity contribution in [3.63, 3.8) is 0 Å². The molecule has 0 aromatic heterocycles. The number of benzene rings is 1. The highest BCUT2D eigenvalue weighted by Crippen LogP contribution is 2.40. The predicted molar refractivity (Wildman–Crippen MR) is 52.1 cm³/mol. The zero-order valence-electron chi connectivity index (χ0n) is 8.27. The summed E-state index contributed by atoms with van der Waals surface area (Å²) in [5.41, 5.74) is -0.294. The fourth-order valence-electron chi connectivity index (χ4n) is 1.73. The summed E-state index contributed by atoms with van der Waals surface area (Å²) in [5, 5.41) is 19.7. The second-order valence-corrected chi connectivity index (χ2v) is 4.17. The van der Waals surface area contributed by atoms with E-state index in [1.165, 1.54) is 0 Å². The van der Waals surface area contributed by atoms with Gasteiger partial charge in [-0.1, -0.05) is 18.2 Å². The van der Waals surface area contributed by atoms with Gasteiger partial charge in [0.15, 0.2) is 6.10 Å². The molecule has 1 aromatic carbocycles. The van der Waals surface area contributed by atoms with Crippen molar-refractivity contribution in [1.82, 2.24) is 0 Å². The minimum atomic E-state index is -1.04. The van der Waals surface area contributed by atoms with Gasteiger partial charge in [-0.2, -0.15) is 0 Å². The molecule has 0 aliphatic carbocycles. The molecule has 3 nitrogen and oxygen atoms in total. The molecule has 1 aliphatic heterocycles. The molecule has 2 atom stereocenters. The highest BCUT2D eigenvalue weighted by molar-refractivity contribution is 5.40. The summed E-state index contributed by atoms with van der Waals surface area (Å²) in [6.45, 7) is 3.26. The van der Waals surface area contributed by atoms with E-state index in [4.69, 9.17) is 4.74 Å². The molecule has 1 aliphatic rings. The summed E-state index contributed by atoms with van der Waals surface area (Å²) in [6, 6.07) is 7.30. The van der Waals surface area contributed by atoms with Crippen molar-refractivity contribution in [2.75, 3.05) is 0 Å². The predicted octanol–water partition coefficient (Wildman–Crippen LogP) is 1.25. The zero-order valence-corrected chi connectivity index (χ0v) is 8.27. The van der Waals surface area contributed by atoms with Crippen LogP contribution in [0.15, 0.2) is 24.3 Å². The Morgan fingerprint density at radius 1 is 1.29 bits per heavy atom. The van der Waals surface area contributed by atoms with Gasteiger partial charge in [-0.15, -0.1) is 0 Å². The Balaban J connectivity index is 2.35. The van der Waals surface area contributed by atoms with E-state index in [9.17, 15) is 10.2 Å². The Labute approximate surface area is 83.0 Å². The first-order valence-corrected chi connectivity index (χ1v) is 4.66. The molecule has 14 heavy (non-hydrogen) atoms. The first-order chi connectivity index (χ1) is 6.50. The van der Waals surface area contributed by atoms with Crippen LogP contribution in [-0.4, -0.2) is 21.9 Å². The number of rotatable bonds is 1. The topological polar surface area (TPSA) is 49.7 Å². The zero-order chi connectivity index (χ0) is 10.3. The number of fused-ring (bicyclic) bond motifs is 1. The quantitative estimate of drug-likeness (QED) is 0.707. The van der Waals surface area contributed by atoms with Crippen molar-refractivity contribution in [1.29, 1.82) is 0 Å². The van der Waals surface area contributed by atoms with Gasteiger partial charge in [0.05, 0.1) is 5.60 Å². The van der Waals surface area contributed by atoms with Crippen LogP contribution in [0, 0.1) is 0 Å². The van der Waals surface area contributed by atoms with Crippen molar-refractivity contribution in [3.05, 3.63) is 29.8 Å². The van der Waals surface area contributed by atoms with E-state index in [2.05, 4.69) is 0 Å². The van der Waals surface area contributed by atoms with Crippen molar-refractivity contribution < 1.29 is 14.9 Å². The highest BCUT2D eigenvalue weighted by atomic mass is 16.5. The summed E-state index contributed by atoms with van der Waals surface area (Å²) in [5.74, 6) is 0.659. The molecule has 0 fully saturated rings. The van der Waals surface area contributed by atoms with Gasteiger partial charge in [0.25, 0.3) is 0 Å². The molecule has 0 radical (unpaired) electrons. The SMILES string of the molecule is CC(C)(O)[C@H]1Oc2ccccc2[C@H]1O. The third-order valence-corrected chi connectivity index (χ3v) is 2.47. The van der Waals surface area contributed by atoms with E-state index in [0.717, 1.165) is 5.56 Å². The summed E-state index contributed by atoms with van der Waals surface area (Å²) >= 11 is 0. The van der Waals surface area contributed by atoms with E-state index in [-0.39, 0.29) is 0 Å². The lowest BCUT2D eigenvalue weighted by Crippen LogP contribution is -2.41. The number of aliphatic hydroxyl groups is 2. The van der Waals surface area contributed by atoms with Crippen LogP contribution in [0.25, 0.3) is 0 Å². The minimum absolute atomic E-state index is 0.583. The van der Waals surface area contributed by atoms with Crippen LogP contribution in [0.5, 0.6) is 5.75 Å². The fourth-order valence-corrected chi connectivity index (χ4v) is 1.73. The van der Waals surface area contributed by atoms with Crippen LogP contribution >= 0.6 is 0 Å². The normalized spacial score (nSPS) is 25.7. The second kappa shape index (κ2) is 2.97. The number of hydrogen-bond acceptors (Lipinski definition) is 3. The Kier molecular flexibility index (Phi) is 2.01. The van der Waals surface area contributed by atoms with Gasteiger partial charge in [0.2, 0.25) is 0 Å². The molecule has 0 saturated carbocycles. The lowest BCUT2D eigenvalue weighted by Gasteiger charge is -2.27. The maximum atomic E-state index is 9.89. The van der Waals surface area contributed by atoms with Gasteiger partial charge in [0, 0.05) is 5.56 Å². The summed E-state index contributed by atoms with van der Waals surface area (Å²) in [4.78, 5) is 0. The standard InChI is InChI=1S/C11H14O3/c1-11(2,13)10-9(12)7-5-3-4-6-8(7)14-10/h3-6,9-10,12-13H,1-2H3/t9-,10+/m1/s1. The van der Waals surface area contributed by atoms with Crippen LogP contribution in [-0.2, 0) is 0 Å². The lowest BCUT2D eigenvalue weighted by molar-refractivity contribution is -0.0762. The molecule has 0 amide bonds. The minimum Gasteiger partial charge on any atom is -0.484 e. The third-order valence-electron chi connectivity index (χ3n) is 2.47. The van der Waals surface area contributed by atoms with Crippen LogP contribution < -0.4 is 4.74 Å². The molecule has 1 heterocycles. The smallest absolute Gasteiger partial charge is 0.157 e. The molecular formula is C11H14O3. The first-order valence-electron chi connectivity index (χ1n) is 4.66. The molecule has 1 aromatic rings. The maximum Gasteiger partial charge on any atom is 0.157 e. The molecule has 76 valence electrons. The van der Waals surface area contributed by atoms with Crippen molar-refractivity contribution in [2.24, 2.45) is 0 Å². The van der Waals surface area contributed by atoms with Gasteiger partial charge in [-0.25, -0.2) is 0 Å².